The normalized spacial score (nSPS) is 17.0. The van der Waals surface area contributed by atoms with E-state index < -0.39 is 0 Å². The van der Waals surface area contributed by atoms with Crippen molar-refractivity contribution in [3.63, 3.8) is 0 Å². The molecule has 0 bridgehead atoms. The third-order valence-corrected chi connectivity index (χ3v) is 3.15. The number of hydrogen-bond donors (Lipinski definition) is 1. The van der Waals surface area contributed by atoms with Gasteiger partial charge in [0.25, 0.3) is 0 Å². The molecular weight excluding hydrogens is 272 g/mol. The van der Waals surface area contributed by atoms with Gasteiger partial charge in [-0.1, -0.05) is 12.1 Å². The summed E-state index contributed by atoms with van der Waals surface area (Å²) in [5, 5.41) is 0. The van der Waals surface area contributed by atoms with Gasteiger partial charge in [0.05, 0.1) is 24.1 Å². The van der Waals surface area contributed by atoms with Crippen molar-refractivity contribution < 1.29 is 17.3 Å². The number of nitrogens with one attached hydrogen (secondary N) is 1. The SMILES string of the molecule is C1=C[NH+](Cc2ccccn2)CN1Cc1ccccn1.[Cl-]. The van der Waals surface area contributed by atoms with Crippen molar-refractivity contribution in [3.8, 4) is 0 Å². The highest BCUT2D eigenvalue weighted by Gasteiger charge is 2.18. The van der Waals surface area contributed by atoms with E-state index in [1.54, 1.807) is 0 Å². The van der Waals surface area contributed by atoms with Crippen molar-refractivity contribution in [3.05, 3.63) is 72.6 Å². The summed E-state index contributed by atoms with van der Waals surface area (Å²) in [5.74, 6) is 0. The highest BCUT2D eigenvalue weighted by atomic mass is 35.5. The maximum absolute atomic E-state index is 4.37. The van der Waals surface area contributed by atoms with Gasteiger partial charge in [-0.05, 0) is 24.3 Å². The van der Waals surface area contributed by atoms with E-state index in [9.17, 15) is 0 Å². The van der Waals surface area contributed by atoms with E-state index >= 15 is 0 Å². The molecule has 2 aromatic rings. The van der Waals surface area contributed by atoms with Crippen LogP contribution in [-0.2, 0) is 13.1 Å². The molecule has 5 heteroatoms. The number of rotatable bonds is 4. The van der Waals surface area contributed by atoms with Gasteiger partial charge in [-0.2, -0.15) is 0 Å². The Morgan fingerprint density at radius 2 is 1.70 bits per heavy atom. The van der Waals surface area contributed by atoms with Crippen molar-refractivity contribution in [1.82, 2.24) is 14.9 Å². The molecule has 1 aliphatic heterocycles. The molecule has 0 saturated carbocycles. The summed E-state index contributed by atoms with van der Waals surface area (Å²) in [7, 11) is 0. The molecule has 0 spiro atoms. The van der Waals surface area contributed by atoms with Crippen LogP contribution >= 0.6 is 0 Å². The van der Waals surface area contributed by atoms with E-state index in [2.05, 4.69) is 39.4 Å². The molecule has 1 unspecified atom stereocenters. The summed E-state index contributed by atoms with van der Waals surface area (Å²) in [4.78, 5) is 12.4. The number of nitrogens with zero attached hydrogens (tertiary/aromatic N) is 3. The second-order valence-corrected chi connectivity index (χ2v) is 4.70. The zero-order chi connectivity index (χ0) is 12.9. The van der Waals surface area contributed by atoms with Gasteiger partial charge in [0.2, 0.25) is 0 Å². The molecule has 3 rings (SSSR count). The van der Waals surface area contributed by atoms with Gasteiger partial charge < -0.3 is 17.3 Å². The minimum atomic E-state index is 0. The van der Waals surface area contributed by atoms with Gasteiger partial charge in [0.1, 0.15) is 12.7 Å². The molecule has 2 aromatic heterocycles. The molecule has 1 aliphatic rings. The molecule has 0 amide bonds. The van der Waals surface area contributed by atoms with Crippen LogP contribution in [0.3, 0.4) is 0 Å². The Kier molecular flexibility index (Phi) is 5.09. The Morgan fingerprint density at radius 1 is 1.00 bits per heavy atom. The minimum Gasteiger partial charge on any atom is -1.00 e. The number of quaternary nitrogens is 1. The maximum atomic E-state index is 4.37. The summed E-state index contributed by atoms with van der Waals surface area (Å²) in [6.45, 7) is 2.76. The van der Waals surface area contributed by atoms with Crippen LogP contribution in [0.2, 0.25) is 0 Å². The highest BCUT2D eigenvalue weighted by molar-refractivity contribution is 5.04. The highest BCUT2D eigenvalue weighted by Crippen LogP contribution is 2.02. The molecule has 1 N–H and O–H groups in total. The summed E-state index contributed by atoms with van der Waals surface area (Å²) < 4.78 is 0. The second-order valence-electron chi connectivity index (χ2n) is 4.70. The largest absolute Gasteiger partial charge is 1.00 e. The Balaban J connectivity index is 0.00000147. The van der Waals surface area contributed by atoms with Gasteiger partial charge in [-0.25, -0.2) is 0 Å². The van der Waals surface area contributed by atoms with E-state index in [1.807, 2.05) is 36.7 Å². The number of aromatic nitrogens is 2. The smallest absolute Gasteiger partial charge is 0.157 e. The molecule has 0 aromatic carbocycles. The second kappa shape index (κ2) is 7.03. The number of hydrogen-bond acceptors (Lipinski definition) is 3. The minimum absolute atomic E-state index is 0. The van der Waals surface area contributed by atoms with Crippen LogP contribution in [0.1, 0.15) is 11.4 Å². The fourth-order valence-corrected chi connectivity index (χ4v) is 2.24. The van der Waals surface area contributed by atoms with E-state index in [0.29, 0.717) is 0 Å². The van der Waals surface area contributed by atoms with Crippen LogP contribution in [-0.4, -0.2) is 21.5 Å². The maximum Gasteiger partial charge on any atom is 0.157 e. The van der Waals surface area contributed by atoms with Crippen LogP contribution in [0, 0.1) is 0 Å². The number of pyridine rings is 2. The first-order valence-electron chi connectivity index (χ1n) is 6.47. The molecule has 0 fully saturated rings. The van der Waals surface area contributed by atoms with E-state index in [-0.39, 0.29) is 12.4 Å². The van der Waals surface area contributed by atoms with E-state index in [0.717, 1.165) is 31.1 Å². The summed E-state index contributed by atoms with van der Waals surface area (Å²) in [5.41, 5.74) is 2.23. The zero-order valence-electron chi connectivity index (χ0n) is 11.1. The first kappa shape index (κ1) is 14.5. The lowest BCUT2D eigenvalue weighted by molar-refractivity contribution is -0.863. The molecule has 0 radical (unpaired) electrons. The van der Waals surface area contributed by atoms with Crippen molar-refractivity contribution in [1.29, 1.82) is 0 Å². The van der Waals surface area contributed by atoms with Crippen LogP contribution in [0.15, 0.2) is 61.2 Å². The third kappa shape index (κ3) is 3.79. The molecule has 104 valence electrons. The number of halogens is 1. The lowest BCUT2D eigenvalue weighted by Gasteiger charge is -2.16. The van der Waals surface area contributed by atoms with Gasteiger partial charge in [-0.3, -0.25) is 14.9 Å². The summed E-state index contributed by atoms with van der Waals surface area (Å²) >= 11 is 0. The monoisotopic (exact) mass is 288 g/mol. The first-order valence-corrected chi connectivity index (χ1v) is 6.47. The van der Waals surface area contributed by atoms with Gasteiger partial charge >= 0.3 is 0 Å². The Labute approximate surface area is 125 Å². The molecule has 20 heavy (non-hydrogen) atoms. The van der Waals surface area contributed by atoms with Gasteiger partial charge in [0.15, 0.2) is 6.67 Å². The molecule has 0 saturated heterocycles. The Hall–Kier alpha value is -1.91. The fourth-order valence-electron chi connectivity index (χ4n) is 2.24. The lowest BCUT2D eigenvalue weighted by Crippen LogP contribution is -3.05. The molecule has 3 heterocycles. The summed E-state index contributed by atoms with van der Waals surface area (Å²) in [6.07, 6.45) is 8.03. The zero-order valence-corrected chi connectivity index (χ0v) is 11.9. The molecule has 1 atom stereocenters. The van der Waals surface area contributed by atoms with Crippen molar-refractivity contribution in [2.75, 3.05) is 6.67 Å². The van der Waals surface area contributed by atoms with Crippen molar-refractivity contribution in [2.24, 2.45) is 0 Å². The predicted octanol–water partition coefficient (Wildman–Crippen LogP) is -2.19. The average Bonchev–Trinajstić information content (AvgIpc) is 2.88. The Morgan fingerprint density at radius 3 is 2.35 bits per heavy atom. The van der Waals surface area contributed by atoms with Gasteiger partial charge in [0, 0.05) is 12.4 Å². The van der Waals surface area contributed by atoms with E-state index in [1.165, 1.54) is 4.90 Å². The molecular formula is C15H17ClN4. The lowest BCUT2D eigenvalue weighted by atomic mass is 10.3. The van der Waals surface area contributed by atoms with Crippen molar-refractivity contribution >= 4 is 0 Å². The van der Waals surface area contributed by atoms with E-state index in [4.69, 9.17) is 0 Å². The van der Waals surface area contributed by atoms with Gasteiger partial charge in [-0.15, -0.1) is 0 Å². The topological polar surface area (TPSA) is 33.5 Å². The quantitative estimate of drug-likeness (QED) is 0.694. The van der Waals surface area contributed by atoms with Crippen LogP contribution in [0.4, 0.5) is 0 Å². The third-order valence-electron chi connectivity index (χ3n) is 3.15. The predicted molar refractivity (Wildman–Crippen MR) is 72.7 cm³/mol. The average molecular weight is 289 g/mol. The Bertz CT molecular complexity index is 495. The molecule has 4 nitrogen and oxygen atoms in total. The standard InChI is InChI=1S/C15H16N4.ClH/c1-3-7-16-14(5-1)11-18-9-10-19(13-18)12-15-6-2-4-8-17-15;/h1-10H,11-13H2;1H. The van der Waals surface area contributed by atoms with Crippen LogP contribution < -0.4 is 17.3 Å². The first-order chi connectivity index (χ1) is 9.40. The fraction of sp³-hybridized carbons (Fsp3) is 0.200. The summed E-state index contributed by atoms with van der Waals surface area (Å²) in [6, 6.07) is 12.1. The van der Waals surface area contributed by atoms with Crippen LogP contribution in [0.25, 0.3) is 0 Å². The van der Waals surface area contributed by atoms with Crippen molar-refractivity contribution in [2.45, 2.75) is 13.1 Å². The molecule has 0 aliphatic carbocycles. The van der Waals surface area contributed by atoms with Crippen LogP contribution in [0.5, 0.6) is 0 Å².